The van der Waals surface area contributed by atoms with Crippen LogP contribution in [0.15, 0.2) is 176 Å². The van der Waals surface area contributed by atoms with Crippen molar-refractivity contribution in [1.82, 2.24) is 24.1 Å². The molecule has 0 amide bonds. The number of aromatic nitrogens is 5. The van der Waals surface area contributed by atoms with Crippen LogP contribution in [-0.4, -0.2) is 24.1 Å². The largest absolute Gasteiger partial charge is 0.309 e. The van der Waals surface area contributed by atoms with E-state index in [1.807, 2.05) is 48.7 Å². The standard InChI is InChI=1S/C45H29N5/c1-4-14-30(15-5-1)39-29-42(48-44(47-39)31-16-6-2-7-17-31)50-41-26-25-32(28-38(41)37-23-13-27-46-45(37)50)34-21-12-22-36-35-20-10-11-24-40(35)49(43(34)36)33-18-8-3-9-19-33/h1-29H. The highest BCUT2D eigenvalue weighted by Crippen LogP contribution is 2.40. The lowest BCUT2D eigenvalue weighted by molar-refractivity contribution is 1.03. The second-order valence-electron chi connectivity index (χ2n) is 12.5. The fourth-order valence-electron chi connectivity index (χ4n) is 7.36. The van der Waals surface area contributed by atoms with E-state index in [0.29, 0.717) is 5.82 Å². The Balaban J connectivity index is 1.23. The second-order valence-corrected chi connectivity index (χ2v) is 12.5. The van der Waals surface area contributed by atoms with Gasteiger partial charge in [0.05, 0.1) is 22.2 Å². The quantitative estimate of drug-likeness (QED) is 0.188. The van der Waals surface area contributed by atoms with Crippen LogP contribution in [0, 0.1) is 0 Å². The fraction of sp³-hybridized carbons (Fsp3) is 0. The van der Waals surface area contributed by atoms with Crippen LogP contribution in [-0.2, 0) is 0 Å². The normalized spacial score (nSPS) is 11.6. The SMILES string of the molecule is c1ccc(-c2cc(-n3c4ccc(-c5cccc6c7ccccc7n(-c7ccccc7)c56)cc4c4cccnc43)nc(-c3ccccc3)n2)cc1. The van der Waals surface area contributed by atoms with Crippen LogP contribution in [0.4, 0.5) is 0 Å². The van der Waals surface area contributed by atoms with Crippen molar-refractivity contribution in [3.05, 3.63) is 176 Å². The van der Waals surface area contributed by atoms with Gasteiger partial charge in [-0.1, -0.05) is 121 Å². The molecular formula is C45H29N5. The van der Waals surface area contributed by atoms with Crippen molar-refractivity contribution >= 4 is 43.7 Å². The Kier molecular flexibility index (Phi) is 6.42. The third-order valence-corrected chi connectivity index (χ3v) is 9.59. The minimum Gasteiger partial charge on any atom is -0.309 e. The first-order chi connectivity index (χ1) is 24.8. The minimum atomic E-state index is 0.671. The zero-order valence-corrected chi connectivity index (χ0v) is 27.0. The molecule has 4 heterocycles. The maximum absolute atomic E-state index is 5.17. The summed E-state index contributed by atoms with van der Waals surface area (Å²) >= 11 is 0. The Morgan fingerprint density at radius 2 is 1.10 bits per heavy atom. The summed E-state index contributed by atoms with van der Waals surface area (Å²) in [5.41, 5.74) is 10.6. The molecule has 50 heavy (non-hydrogen) atoms. The van der Waals surface area contributed by atoms with Gasteiger partial charge in [-0.05, 0) is 48.0 Å². The monoisotopic (exact) mass is 639 g/mol. The van der Waals surface area contributed by atoms with Gasteiger partial charge < -0.3 is 4.57 Å². The summed E-state index contributed by atoms with van der Waals surface area (Å²) in [6.07, 6.45) is 1.86. The lowest BCUT2D eigenvalue weighted by Gasteiger charge is -2.13. The van der Waals surface area contributed by atoms with Gasteiger partial charge in [0.15, 0.2) is 5.82 Å². The van der Waals surface area contributed by atoms with E-state index in [9.17, 15) is 0 Å². The van der Waals surface area contributed by atoms with Crippen molar-refractivity contribution < 1.29 is 0 Å². The van der Waals surface area contributed by atoms with Crippen LogP contribution in [0.3, 0.4) is 0 Å². The Bertz CT molecular complexity index is 2800. The molecule has 4 aromatic heterocycles. The van der Waals surface area contributed by atoms with E-state index in [1.165, 1.54) is 27.4 Å². The third kappa shape index (κ3) is 4.45. The summed E-state index contributed by atoms with van der Waals surface area (Å²) in [6.45, 7) is 0. The van der Waals surface area contributed by atoms with Crippen molar-refractivity contribution in [1.29, 1.82) is 0 Å². The predicted molar refractivity (Wildman–Crippen MR) is 205 cm³/mol. The molecule has 0 saturated heterocycles. The van der Waals surface area contributed by atoms with Crippen molar-refractivity contribution in [3.8, 4) is 45.3 Å². The van der Waals surface area contributed by atoms with Gasteiger partial charge in [-0.2, -0.15) is 0 Å². The van der Waals surface area contributed by atoms with Crippen molar-refractivity contribution in [2.24, 2.45) is 0 Å². The van der Waals surface area contributed by atoms with Gasteiger partial charge in [-0.3, -0.25) is 4.57 Å². The third-order valence-electron chi connectivity index (χ3n) is 9.59. The maximum Gasteiger partial charge on any atom is 0.162 e. The first-order valence-electron chi connectivity index (χ1n) is 16.8. The first-order valence-corrected chi connectivity index (χ1v) is 16.8. The van der Waals surface area contributed by atoms with E-state index < -0.39 is 0 Å². The molecule has 0 bridgehead atoms. The number of fused-ring (bicyclic) bond motifs is 6. The number of rotatable bonds is 5. The highest BCUT2D eigenvalue weighted by atomic mass is 15.1. The molecule has 0 unspecified atom stereocenters. The highest BCUT2D eigenvalue weighted by Gasteiger charge is 2.20. The molecule has 10 aromatic rings. The second kappa shape index (κ2) is 11.4. The molecule has 0 atom stereocenters. The molecule has 0 aliphatic heterocycles. The topological polar surface area (TPSA) is 48.5 Å². The van der Waals surface area contributed by atoms with Crippen molar-refractivity contribution in [2.75, 3.05) is 0 Å². The lowest BCUT2D eigenvalue weighted by Crippen LogP contribution is -2.03. The van der Waals surface area contributed by atoms with Gasteiger partial charge in [0, 0.05) is 56.2 Å². The molecule has 5 heteroatoms. The smallest absolute Gasteiger partial charge is 0.162 e. The number of hydrogen-bond acceptors (Lipinski definition) is 3. The number of hydrogen-bond donors (Lipinski definition) is 0. The van der Waals surface area contributed by atoms with E-state index in [-0.39, 0.29) is 0 Å². The number of pyridine rings is 1. The van der Waals surface area contributed by atoms with Gasteiger partial charge in [0.25, 0.3) is 0 Å². The Morgan fingerprint density at radius 3 is 1.92 bits per heavy atom. The summed E-state index contributed by atoms with van der Waals surface area (Å²) in [6, 6.07) is 59.4. The average molecular weight is 640 g/mol. The van der Waals surface area contributed by atoms with Crippen LogP contribution < -0.4 is 0 Å². The summed E-state index contributed by atoms with van der Waals surface area (Å²) < 4.78 is 4.57. The van der Waals surface area contributed by atoms with Crippen LogP contribution in [0.5, 0.6) is 0 Å². The molecular weight excluding hydrogens is 611 g/mol. The summed E-state index contributed by atoms with van der Waals surface area (Å²) in [5, 5.41) is 4.66. The predicted octanol–water partition coefficient (Wildman–Crippen LogP) is 11.1. The molecule has 5 nitrogen and oxygen atoms in total. The molecule has 0 fully saturated rings. The Hall–Kier alpha value is -6.85. The van der Waals surface area contributed by atoms with Gasteiger partial charge in [-0.15, -0.1) is 0 Å². The van der Waals surface area contributed by atoms with E-state index in [1.54, 1.807) is 0 Å². The Labute approximate surface area is 288 Å². The summed E-state index contributed by atoms with van der Waals surface area (Å²) in [7, 11) is 0. The molecule has 0 saturated carbocycles. The van der Waals surface area contributed by atoms with Crippen molar-refractivity contribution in [2.45, 2.75) is 0 Å². The summed E-state index contributed by atoms with van der Waals surface area (Å²) in [5.74, 6) is 1.44. The number of nitrogens with zero attached hydrogens (tertiary/aromatic N) is 5. The van der Waals surface area contributed by atoms with Crippen LogP contribution in [0.2, 0.25) is 0 Å². The van der Waals surface area contributed by atoms with Crippen LogP contribution >= 0.6 is 0 Å². The molecule has 0 aliphatic rings. The maximum atomic E-state index is 5.17. The van der Waals surface area contributed by atoms with E-state index in [4.69, 9.17) is 15.0 Å². The average Bonchev–Trinajstić information content (AvgIpc) is 3.71. The van der Waals surface area contributed by atoms with Gasteiger partial charge in [-0.25, -0.2) is 15.0 Å². The zero-order valence-electron chi connectivity index (χ0n) is 27.0. The van der Waals surface area contributed by atoms with Crippen LogP contribution in [0.25, 0.3) is 89.0 Å². The molecule has 0 N–H and O–H groups in total. The lowest BCUT2D eigenvalue weighted by atomic mass is 10.00. The van der Waals surface area contributed by atoms with E-state index in [2.05, 4.69) is 137 Å². The first kappa shape index (κ1) is 28.2. The van der Waals surface area contributed by atoms with Gasteiger partial charge in [0.1, 0.15) is 11.5 Å². The molecule has 0 spiro atoms. The molecule has 10 rings (SSSR count). The molecule has 0 aliphatic carbocycles. The van der Waals surface area contributed by atoms with Crippen molar-refractivity contribution in [3.63, 3.8) is 0 Å². The molecule has 0 radical (unpaired) electrons. The van der Waals surface area contributed by atoms with E-state index in [0.717, 1.165) is 55.8 Å². The fourth-order valence-corrected chi connectivity index (χ4v) is 7.36. The zero-order chi connectivity index (χ0) is 33.0. The Morgan fingerprint density at radius 1 is 0.420 bits per heavy atom. The summed E-state index contributed by atoms with van der Waals surface area (Å²) in [4.78, 5) is 15.1. The van der Waals surface area contributed by atoms with Gasteiger partial charge >= 0.3 is 0 Å². The van der Waals surface area contributed by atoms with E-state index >= 15 is 0 Å². The van der Waals surface area contributed by atoms with Gasteiger partial charge in [0.2, 0.25) is 0 Å². The number of benzene rings is 6. The molecule has 234 valence electrons. The van der Waals surface area contributed by atoms with Crippen LogP contribution in [0.1, 0.15) is 0 Å². The highest BCUT2D eigenvalue weighted by molar-refractivity contribution is 6.15. The number of para-hydroxylation sites is 3. The molecule has 6 aromatic carbocycles. The minimum absolute atomic E-state index is 0.671.